The molecule has 2 heteroatoms. The third-order valence-corrected chi connectivity index (χ3v) is 6.21. The predicted molar refractivity (Wildman–Crippen MR) is 89.0 cm³/mol. The topological polar surface area (TPSA) is 12.0 Å². The number of hydrogen-bond donors (Lipinski definition) is 1. The van der Waals surface area contributed by atoms with Crippen molar-refractivity contribution in [2.75, 3.05) is 0 Å². The summed E-state index contributed by atoms with van der Waals surface area (Å²) in [7, 11) is 0. The standard InChI is InChI=1S/C18H26BrN/c1-3-13-6-9-18(12(13)2)20-17-10-15(11-17)14-4-7-16(19)8-5-14/h4-5,7-8,12-13,15,17-18,20H,3,6,9-11H2,1-2H3. The normalized spacial score (nSPS) is 36.9. The first-order valence-electron chi connectivity index (χ1n) is 8.19. The van der Waals surface area contributed by atoms with Crippen molar-refractivity contribution in [3.05, 3.63) is 34.3 Å². The summed E-state index contributed by atoms with van der Waals surface area (Å²) < 4.78 is 1.18. The Morgan fingerprint density at radius 1 is 1.15 bits per heavy atom. The Hall–Kier alpha value is -0.340. The predicted octanol–water partition coefficient (Wildman–Crippen LogP) is 5.11. The summed E-state index contributed by atoms with van der Waals surface area (Å²) in [5.41, 5.74) is 1.51. The van der Waals surface area contributed by atoms with Gasteiger partial charge in [-0.05, 0) is 61.1 Å². The molecule has 3 rings (SSSR count). The zero-order valence-corrected chi connectivity index (χ0v) is 14.2. The highest BCUT2D eigenvalue weighted by Gasteiger charge is 2.36. The van der Waals surface area contributed by atoms with Gasteiger partial charge in [0.05, 0.1) is 0 Å². The second-order valence-electron chi connectivity index (χ2n) is 6.79. The molecule has 0 bridgehead atoms. The molecule has 1 aromatic rings. The van der Waals surface area contributed by atoms with Crippen LogP contribution in [0.3, 0.4) is 0 Å². The molecule has 20 heavy (non-hydrogen) atoms. The molecule has 0 spiro atoms. The molecule has 0 amide bonds. The van der Waals surface area contributed by atoms with Crippen molar-refractivity contribution in [2.24, 2.45) is 11.8 Å². The minimum atomic E-state index is 0.756. The third-order valence-electron chi connectivity index (χ3n) is 5.68. The summed E-state index contributed by atoms with van der Waals surface area (Å²) in [6.45, 7) is 4.79. The van der Waals surface area contributed by atoms with Crippen molar-refractivity contribution >= 4 is 15.9 Å². The van der Waals surface area contributed by atoms with Gasteiger partial charge < -0.3 is 5.32 Å². The van der Waals surface area contributed by atoms with Crippen LogP contribution in [0, 0.1) is 11.8 Å². The lowest BCUT2D eigenvalue weighted by molar-refractivity contribution is 0.235. The van der Waals surface area contributed by atoms with E-state index in [1.807, 2.05) is 0 Å². The summed E-state index contributed by atoms with van der Waals surface area (Å²) in [6, 6.07) is 10.4. The van der Waals surface area contributed by atoms with Crippen LogP contribution in [0.2, 0.25) is 0 Å². The average Bonchev–Trinajstić information content (AvgIpc) is 2.75. The van der Waals surface area contributed by atoms with Crippen LogP contribution >= 0.6 is 15.9 Å². The zero-order valence-electron chi connectivity index (χ0n) is 12.6. The lowest BCUT2D eigenvalue weighted by Gasteiger charge is -2.39. The summed E-state index contributed by atoms with van der Waals surface area (Å²) in [5, 5.41) is 3.93. The molecule has 1 aromatic carbocycles. The van der Waals surface area contributed by atoms with Gasteiger partial charge in [-0.2, -0.15) is 0 Å². The van der Waals surface area contributed by atoms with Crippen LogP contribution in [-0.2, 0) is 0 Å². The van der Waals surface area contributed by atoms with E-state index in [9.17, 15) is 0 Å². The van der Waals surface area contributed by atoms with Crippen LogP contribution < -0.4 is 5.32 Å². The zero-order chi connectivity index (χ0) is 14.1. The van der Waals surface area contributed by atoms with E-state index in [2.05, 4.69) is 59.4 Å². The monoisotopic (exact) mass is 335 g/mol. The van der Waals surface area contributed by atoms with E-state index in [1.165, 1.54) is 42.1 Å². The number of rotatable bonds is 4. The van der Waals surface area contributed by atoms with E-state index in [1.54, 1.807) is 0 Å². The Morgan fingerprint density at radius 2 is 1.85 bits per heavy atom. The Bertz CT molecular complexity index is 435. The highest BCUT2D eigenvalue weighted by molar-refractivity contribution is 9.10. The quantitative estimate of drug-likeness (QED) is 0.806. The van der Waals surface area contributed by atoms with Crippen molar-refractivity contribution in [3.63, 3.8) is 0 Å². The van der Waals surface area contributed by atoms with Crippen LogP contribution in [0.15, 0.2) is 28.7 Å². The summed E-state index contributed by atoms with van der Waals surface area (Å²) in [4.78, 5) is 0. The van der Waals surface area contributed by atoms with Gasteiger partial charge in [-0.1, -0.05) is 48.3 Å². The maximum Gasteiger partial charge on any atom is 0.0175 e. The highest BCUT2D eigenvalue weighted by Crippen LogP contribution is 2.40. The number of halogens is 1. The third kappa shape index (κ3) is 2.96. The van der Waals surface area contributed by atoms with Crippen molar-refractivity contribution in [1.29, 1.82) is 0 Å². The van der Waals surface area contributed by atoms with E-state index in [4.69, 9.17) is 0 Å². The Labute approximate surface area is 131 Å². The fourth-order valence-electron chi connectivity index (χ4n) is 4.12. The number of hydrogen-bond acceptors (Lipinski definition) is 1. The van der Waals surface area contributed by atoms with Gasteiger partial charge in [0, 0.05) is 16.6 Å². The van der Waals surface area contributed by atoms with E-state index < -0.39 is 0 Å². The van der Waals surface area contributed by atoms with Gasteiger partial charge in [0.15, 0.2) is 0 Å². The fraction of sp³-hybridized carbons (Fsp3) is 0.667. The molecule has 2 saturated carbocycles. The molecule has 0 aliphatic heterocycles. The van der Waals surface area contributed by atoms with Crippen molar-refractivity contribution in [2.45, 2.75) is 64.0 Å². The molecule has 2 fully saturated rings. The molecule has 1 nitrogen and oxygen atoms in total. The molecule has 2 aliphatic carbocycles. The molecule has 3 unspecified atom stereocenters. The molecule has 0 aromatic heterocycles. The number of nitrogens with one attached hydrogen (secondary N) is 1. The Balaban J connectivity index is 1.48. The van der Waals surface area contributed by atoms with E-state index in [0.29, 0.717) is 0 Å². The maximum absolute atomic E-state index is 3.93. The maximum atomic E-state index is 3.93. The lowest BCUT2D eigenvalue weighted by Crippen LogP contribution is -2.46. The minimum absolute atomic E-state index is 0.756. The summed E-state index contributed by atoms with van der Waals surface area (Å²) in [5.74, 6) is 2.60. The van der Waals surface area contributed by atoms with Crippen LogP contribution in [0.1, 0.15) is 57.4 Å². The molecule has 2 aliphatic rings. The number of benzene rings is 1. The van der Waals surface area contributed by atoms with E-state index >= 15 is 0 Å². The van der Waals surface area contributed by atoms with Crippen LogP contribution in [-0.4, -0.2) is 12.1 Å². The van der Waals surface area contributed by atoms with Crippen molar-refractivity contribution in [3.8, 4) is 0 Å². The molecule has 0 heterocycles. The van der Waals surface area contributed by atoms with Crippen LogP contribution in [0.25, 0.3) is 0 Å². The van der Waals surface area contributed by atoms with Gasteiger partial charge in [-0.3, -0.25) is 0 Å². The van der Waals surface area contributed by atoms with Gasteiger partial charge in [-0.25, -0.2) is 0 Å². The SMILES string of the molecule is CCC1CCC(NC2CC(c3ccc(Br)cc3)C2)C1C. The van der Waals surface area contributed by atoms with Crippen LogP contribution in [0.4, 0.5) is 0 Å². The first kappa shape index (κ1) is 14.6. The molecular formula is C18H26BrN. The molecule has 0 radical (unpaired) electrons. The first-order chi connectivity index (χ1) is 9.67. The second-order valence-corrected chi connectivity index (χ2v) is 7.71. The van der Waals surface area contributed by atoms with Gasteiger partial charge in [0.1, 0.15) is 0 Å². The van der Waals surface area contributed by atoms with E-state index in [-0.39, 0.29) is 0 Å². The smallest absolute Gasteiger partial charge is 0.0175 e. The molecule has 1 N–H and O–H groups in total. The first-order valence-corrected chi connectivity index (χ1v) is 8.98. The molecule has 110 valence electrons. The second kappa shape index (κ2) is 6.19. The van der Waals surface area contributed by atoms with Gasteiger partial charge in [0.25, 0.3) is 0 Å². The Kier molecular flexibility index (Phi) is 4.52. The highest BCUT2D eigenvalue weighted by atomic mass is 79.9. The van der Waals surface area contributed by atoms with E-state index in [0.717, 1.165) is 29.8 Å². The minimum Gasteiger partial charge on any atom is -0.311 e. The van der Waals surface area contributed by atoms with Crippen LogP contribution in [0.5, 0.6) is 0 Å². The lowest BCUT2D eigenvalue weighted by atomic mass is 9.75. The van der Waals surface area contributed by atoms with Gasteiger partial charge >= 0.3 is 0 Å². The average molecular weight is 336 g/mol. The molecule has 0 saturated heterocycles. The van der Waals surface area contributed by atoms with Crippen molar-refractivity contribution in [1.82, 2.24) is 5.32 Å². The van der Waals surface area contributed by atoms with Gasteiger partial charge in [-0.15, -0.1) is 0 Å². The van der Waals surface area contributed by atoms with Crippen molar-refractivity contribution < 1.29 is 0 Å². The summed E-state index contributed by atoms with van der Waals surface area (Å²) >= 11 is 3.51. The van der Waals surface area contributed by atoms with Gasteiger partial charge in [0.2, 0.25) is 0 Å². The Morgan fingerprint density at radius 3 is 2.45 bits per heavy atom. The fourth-order valence-corrected chi connectivity index (χ4v) is 4.39. The summed E-state index contributed by atoms with van der Waals surface area (Å²) in [6.07, 6.45) is 6.81. The molecule has 3 atom stereocenters. The molecular weight excluding hydrogens is 310 g/mol. The largest absolute Gasteiger partial charge is 0.311 e.